The summed E-state index contributed by atoms with van der Waals surface area (Å²) in [6.45, 7) is 1.69. The van der Waals surface area contributed by atoms with Gasteiger partial charge in [0.05, 0.1) is 18.6 Å². The van der Waals surface area contributed by atoms with Gasteiger partial charge in [0.15, 0.2) is 5.03 Å². The van der Waals surface area contributed by atoms with E-state index in [-0.39, 0.29) is 0 Å². The van der Waals surface area contributed by atoms with Gasteiger partial charge in [0, 0.05) is 13.1 Å². The van der Waals surface area contributed by atoms with E-state index in [1.165, 1.54) is 0 Å². The number of benzene rings is 1. The normalized spacial score (nSPS) is 20.5. The number of hydrogen-bond acceptors (Lipinski definition) is 5. The Morgan fingerprint density at radius 1 is 1.47 bits per heavy atom. The lowest BCUT2D eigenvalue weighted by Gasteiger charge is -2.29. The maximum atomic E-state index is 12.0. The summed E-state index contributed by atoms with van der Waals surface area (Å²) >= 11 is 0. The molecule has 102 valence electrons. The zero-order chi connectivity index (χ0) is 13.7. The molecule has 2 unspecified atom stereocenters. The standard InChI is InChI=1S/C12H15N3O4/c16-12(14-15(17)18)11(9-4-2-1-3-5-9)10-8-13-6-7-19-10/h1-5,10-11,13H,6-8H2,(H,14,16). The van der Waals surface area contributed by atoms with Crippen molar-refractivity contribution in [2.75, 3.05) is 19.7 Å². The molecule has 1 aromatic rings. The van der Waals surface area contributed by atoms with Crippen LogP contribution in [-0.2, 0) is 9.53 Å². The summed E-state index contributed by atoms with van der Waals surface area (Å²) in [7, 11) is 0. The van der Waals surface area contributed by atoms with Gasteiger partial charge >= 0.3 is 0 Å². The summed E-state index contributed by atoms with van der Waals surface area (Å²) < 4.78 is 5.55. The van der Waals surface area contributed by atoms with E-state index in [4.69, 9.17) is 4.74 Å². The Morgan fingerprint density at radius 2 is 2.21 bits per heavy atom. The Balaban J connectivity index is 2.22. The summed E-state index contributed by atoms with van der Waals surface area (Å²) in [6, 6.07) is 8.94. The van der Waals surface area contributed by atoms with Crippen molar-refractivity contribution in [3.63, 3.8) is 0 Å². The summed E-state index contributed by atoms with van der Waals surface area (Å²) in [4.78, 5) is 22.4. The highest BCUT2D eigenvalue weighted by atomic mass is 16.7. The van der Waals surface area contributed by atoms with E-state index in [1.54, 1.807) is 29.7 Å². The fourth-order valence-electron chi connectivity index (χ4n) is 2.15. The molecule has 1 aliphatic rings. The van der Waals surface area contributed by atoms with Crippen LogP contribution in [0, 0.1) is 10.1 Å². The second-order valence-electron chi connectivity index (χ2n) is 4.23. The molecule has 2 N–H and O–H groups in total. The Morgan fingerprint density at radius 3 is 2.79 bits per heavy atom. The highest BCUT2D eigenvalue weighted by Crippen LogP contribution is 2.23. The number of nitrogens with one attached hydrogen (secondary N) is 2. The molecule has 1 amide bonds. The number of amides is 1. The molecule has 7 nitrogen and oxygen atoms in total. The van der Waals surface area contributed by atoms with Crippen molar-refractivity contribution in [1.29, 1.82) is 0 Å². The van der Waals surface area contributed by atoms with Gasteiger partial charge in [-0.15, -0.1) is 0 Å². The fraction of sp³-hybridized carbons (Fsp3) is 0.417. The van der Waals surface area contributed by atoms with E-state index in [0.717, 1.165) is 6.54 Å². The number of carbonyl (C=O) groups excluding carboxylic acids is 1. The Bertz CT molecular complexity index is 446. The van der Waals surface area contributed by atoms with Gasteiger partial charge in [0.1, 0.15) is 0 Å². The highest BCUT2D eigenvalue weighted by Gasteiger charge is 2.34. The van der Waals surface area contributed by atoms with Gasteiger partial charge in [-0.25, -0.2) is 10.1 Å². The third kappa shape index (κ3) is 3.49. The quantitative estimate of drug-likeness (QED) is 0.593. The molecular weight excluding hydrogens is 250 g/mol. The number of hydrogen-bond donors (Lipinski definition) is 2. The monoisotopic (exact) mass is 265 g/mol. The minimum absolute atomic E-state index is 0.406. The zero-order valence-electron chi connectivity index (χ0n) is 10.2. The molecule has 0 bridgehead atoms. The number of nitro groups is 1. The maximum absolute atomic E-state index is 12.0. The molecule has 0 saturated carbocycles. The number of ether oxygens (including phenoxy) is 1. The van der Waals surface area contributed by atoms with E-state index in [2.05, 4.69) is 5.32 Å². The number of hydrazine groups is 1. The molecular formula is C12H15N3O4. The van der Waals surface area contributed by atoms with Gasteiger partial charge in [-0.1, -0.05) is 35.8 Å². The third-order valence-electron chi connectivity index (χ3n) is 2.97. The Labute approximate surface area is 110 Å². The molecule has 0 spiro atoms. The van der Waals surface area contributed by atoms with Gasteiger partial charge in [-0.3, -0.25) is 4.79 Å². The predicted molar refractivity (Wildman–Crippen MR) is 66.9 cm³/mol. The van der Waals surface area contributed by atoms with Crippen LogP contribution in [0.25, 0.3) is 0 Å². The fourth-order valence-corrected chi connectivity index (χ4v) is 2.15. The average molecular weight is 265 g/mol. The van der Waals surface area contributed by atoms with Crippen molar-refractivity contribution >= 4 is 5.91 Å². The van der Waals surface area contributed by atoms with Crippen molar-refractivity contribution < 1.29 is 14.6 Å². The second kappa shape index (κ2) is 6.26. The largest absolute Gasteiger partial charge is 0.374 e. The molecule has 0 radical (unpaired) electrons. The second-order valence-corrected chi connectivity index (χ2v) is 4.23. The number of rotatable bonds is 4. The van der Waals surface area contributed by atoms with Crippen molar-refractivity contribution in [2.24, 2.45) is 0 Å². The zero-order valence-corrected chi connectivity index (χ0v) is 10.2. The van der Waals surface area contributed by atoms with Gasteiger partial charge in [-0.2, -0.15) is 0 Å². The maximum Gasteiger partial charge on any atom is 0.290 e. The van der Waals surface area contributed by atoms with Crippen LogP contribution in [0.5, 0.6) is 0 Å². The molecule has 2 rings (SSSR count). The molecule has 0 aromatic heterocycles. The summed E-state index contributed by atoms with van der Waals surface area (Å²) in [5.41, 5.74) is 2.42. The molecule has 0 aliphatic carbocycles. The third-order valence-corrected chi connectivity index (χ3v) is 2.97. The summed E-state index contributed by atoms with van der Waals surface area (Å²) in [6.07, 6.45) is -0.406. The minimum atomic E-state index is -0.839. The highest BCUT2D eigenvalue weighted by molar-refractivity contribution is 5.83. The molecule has 1 aliphatic heterocycles. The number of morpholine rings is 1. The van der Waals surface area contributed by atoms with Crippen LogP contribution in [0.4, 0.5) is 0 Å². The molecule has 1 fully saturated rings. The molecule has 2 atom stereocenters. The Kier molecular flexibility index (Phi) is 4.43. The van der Waals surface area contributed by atoms with Crippen molar-refractivity contribution in [3.05, 3.63) is 46.0 Å². The van der Waals surface area contributed by atoms with Crippen LogP contribution in [0.3, 0.4) is 0 Å². The van der Waals surface area contributed by atoms with E-state index >= 15 is 0 Å². The van der Waals surface area contributed by atoms with Crippen LogP contribution in [0.2, 0.25) is 0 Å². The van der Waals surface area contributed by atoms with Crippen molar-refractivity contribution in [2.45, 2.75) is 12.0 Å². The lowest BCUT2D eigenvalue weighted by molar-refractivity contribution is -0.530. The predicted octanol–water partition coefficient (Wildman–Crippen LogP) is 0.0665. The van der Waals surface area contributed by atoms with Crippen LogP contribution >= 0.6 is 0 Å². The number of nitrogens with zero attached hydrogens (tertiary/aromatic N) is 1. The van der Waals surface area contributed by atoms with Crippen LogP contribution in [0.1, 0.15) is 11.5 Å². The van der Waals surface area contributed by atoms with Gasteiger partial charge in [0.2, 0.25) is 0 Å². The number of carbonyl (C=O) groups is 1. The topological polar surface area (TPSA) is 93.5 Å². The van der Waals surface area contributed by atoms with Gasteiger partial charge in [-0.05, 0) is 5.56 Å². The van der Waals surface area contributed by atoms with E-state index in [0.29, 0.717) is 18.7 Å². The molecule has 7 heteroatoms. The molecule has 1 saturated heterocycles. The first kappa shape index (κ1) is 13.4. The first-order valence-electron chi connectivity index (χ1n) is 6.00. The van der Waals surface area contributed by atoms with Crippen LogP contribution in [-0.4, -0.2) is 36.7 Å². The lowest BCUT2D eigenvalue weighted by atomic mass is 9.92. The van der Waals surface area contributed by atoms with E-state index in [9.17, 15) is 14.9 Å². The minimum Gasteiger partial charge on any atom is -0.374 e. The average Bonchev–Trinajstić information content (AvgIpc) is 2.40. The van der Waals surface area contributed by atoms with Crippen molar-refractivity contribution in [1.82, 2.24) is 10.7 Å². The molecule has 1 aromatic carbocycles. The van der Waals surface area contributed by atoms with Crippen LogP contribution in [0.15, 0.2) is 30.3 Å². The molecule has 1 heterocycles. The molecule has 19 heavy (non-hydrogen) atoms. The van der Waals surface area contributed by atoms with E-state index < -0.39 is 23.0 Å². The summed E-state index contributed by atoms with van der Waals surface area (Å²) in [5.74, 6) is -1.36. The van der Waals surface area contributed by atoms with Gasteiger partial charge in [0.25, 0.3) is 5.91 Å². The first-order chi connectivity index (χ1) is 9.18. The lowest BCUT2D eigenvalue weighted by Crippen LogP contribution is -2.47. The van der Waals surface area contributed by atoms with Crippen molar-refractivity contribution in [3.8, 4) is 0 Å². The van der Waals surface area contributed by atoms with Gasteiger partial charge < -0.3 is 10.1 Å². The smallest absolute Gasteiger partial charge is 0.290 e. The Hall–Kier alpha value is -1.99. The van der Waals surface area contributed by atoms with E-state index in [1.807, 2.05) is 6.07 Å². The first-order valence-corrected chi connectivity index (χ1v) is 6.00. The summed E-state index contributed by atoms with van der Waals surface area (Å²) in [5, 5.41) is 12.7. The SMILES string of the molecule is O=C(N[N+](=O)[O-])C(c1ccccc1)C1CNCCO1. The van der Waals surface area contributed by atoms with Crippen LogP contribution < -0.4 is 10.7 Å².